The fraction of sp³-hybridized carbons (Fsp3) is 0.333. The number of nitro benzene ring substituents is 1. The zero-order chi connectivity index (χ0) is 16.7. The largest absolute Gasteiger partial charge is 0.479 e. The molecule has 0 fully saturated rings. The van der Waals surface area contributed by atoms with Gasteiger partial charge in [-0.1, -0.05) is 11.6 Å². The van der Waals surface area contributed by atoms with Gasteiger partial charge in [-0.15, -0.1) is 11.8 Å². The molecular weight excluding hydrogens is 336 g/mol. The van der Waals surface area contributed by atoms with E-state index in [-0.39, 0.29) is 23.0 Å². The van der Waals surface area contributed by atoms with Crippen LogP contribution in [0.25, 0.3) is 0 Å². The molecule has 1 unspecified atom stereocenters. The number of carbonyl (C=O) groups is 2. The third-order valence-corrected chi connectivity index (χ3v) is 3.82. The highest BCUT2D eigenvalue weighted by Gasteiger charge is 2.19. The number of amides is 1. The number of rotatable bonds is 8. The van der Waals surface area contributed by atoms with E-state index in [2.05, 4.69) is 10.1 Å². The number of nitrogens with zero attached hydrogens (tertiary/aromatic N) is 1. The standard InChI is InChI=1S/C12H13ClN2O6S/c1-21-9(12(17)18)5-14-11(16)6-22-10-3-2-7(13)4-8(10)15(19)20/h2-4,9H,5-6H2,1H3,(H,14,16)(H,17,18). The van der Waals surface area contributed by atoms with E-state index in [1.165, 1.54) is 25.3 Å². The summed E-state index contributed by atoms with van der Waals surface area (Å²) in [7, 11) is 1.22. The fourth-order valence-corrected chi connectivity index (χ4v) is 2.43. The van der Waals surface area contributed by atoms with Crippen molar-refractivity contribution in [2.45, 2.75) is 11.0 Å². The molecule has 1 aromatic rings. The van der Waals surface area contributed by atoms with Crippen LogP contribution < -0.4 is 5.32 Å². The summed E-state index contributed by atoms with van der Waals surface area (Å²) >= 11 is 6.65. The number of methoxy groups -OCH3 is 1. The first kappa shape index (κ1) is 18.2. The van der Waals surface area contributed by atoms with Crippen molar-refractivity contribution in [1.29, 1.82) is 0 Å². The lowest BCUT2D eigenvalue weighted by Gasteiger charge is -2.11. The SMILES string of the molecule is COC(CNC(=O)CSc1ccc(Cl)cc1[N+](=O)[O-])C(=O)O. The van der Waals surface area contributed by atoms with Gasteiger partial charge in [0.05, 0.1) is 22.1 Å². The second-order valence-electron chi connectivity index (χ2n) is 4.02. The summed E-state index contributed by atoms with van der Waals surface area (Å²) in [5.41, 5.74) is -0.189. The Hall–Kier alpha value is -1.84. The molecule has 0 saturated carbocycles. The Labute approximate surface area is 134 Å². The molecular formula is C12H13ClN2O6S. The van der Waals surface area contributed by atoms with Crippen molar-refractivity contribution >= 4 is 40.9 Å². The highest BCUT2D eigenvalue weighted by molar-refractivity contribution is 8.00. The van der Waals surface area contributed by atoms with Gasteiger partial charge >= 0.3 is 5.97 Å². The maximum absolute atomic E-state index is 11.6. The average molecular weight is 349 g/mol. The zero-order valence-electron chi connectivity index (χ0n) is 11.4. The summed E-state index contributed by atoms with van der Waals surface area (Å²) in [6.07, 6.45) is -1.14. The van der Waals surface area contributed by atoms with Crippen LogP contribution in [0, 0.1) is 10.1 Å². The minimum absolute atomic E-state index is 0.0987. The monoisotopic (exact) mass is 348 g/mol. The molecule has 1 aromatic carbocycles. The molecule has 22 heavy (non-hydrogen) atoms. The highest BCUT2D eigenvalue weighted by Crippen LogP contribution is 2.31. The number of carboxylic acid groups (broad SMARTS) is 1. The number of nitrogens with one attached hydrogen (secondary N) is 1. The Bertz CT molecular complexity index is 583. The minimum Gasteiger partial charge on any atom is -0.479 e. The first-order chi connectivity index (χ1) is 10.3. The second kappa shape index (κ2) is 8.57. The van der Waals surface area contributed by atoms with Gasteiger partial charge in [-0.2, -0.15) is 0 Å². The van der Waals surface area contributed by atoms with Crippen LogP contribution >= 0.6 is 23.4 Å². The summed E-state index contributed by atoms with van der Waals surface area (Å²) in [5.74, 6) is -1.75. The molecule has 0 aliphatic rings. The van der Waals surface area contributed by atoms with Gasteiger partial charge < -0.3 is 15.2 Å². The zero-order valence-corrected chi connectivity index (χ0v) is 13.0. The summed E-state index contributed by atoms with van der Waals surface area (Å²) < 4.78 is 4.66. The molecule has 120 valence electrons. The van der Waals surface area contributed by atoms with Gasteiger partial charge in [-0.05, 0) is 12.1 Å². The Balaban J connectivity index is 2.58. The summed E-state index contributed by atoms with van der Waals surface area (Å²) in [5, 5.41) is 22.3. The number of carboxylic acids is 1. The fourth-order valence-electron chi connectivity index (χ4n) is 1.43. The van der Waals surface area contributed by atoms with Gasteiger partial charge in [0.25, 0.3) is 5.69 Å². The molecule has 1 atom stereocenters. The quantitative estimate of drug-likeness (QED) is 0.415. The van der Waals surface area contributed by atoms with Crippen molar-refractivity contribution in [1.82, 2.24) is 5.32 Å². The molecule has 0 saturated heterocycles. The normalized spacial score (nSPS) is 11.7. The molecule has 0 radical (unpaired) electrons. The van der Waals surface area contributed by atoms with E-state index in [0.717, 1.165) is 11.8 Å². The second-order valence-corrected chi connectivity index (χ2v) is 5.48. The number of benzene rings is 1. The minimum atomic E-state index is -1.19. The van der Waals surface area contributed by atoms with E-state index in [1.807, 2.05) is 0 Å². The van der Waals surface area contributed by atoms with E-state index in [1.54, 1.807) is 0 Å². The van der Waals surface area contributed by atoms with Crippen LogP contribution in [0.4, 0.5) is 5.69 Å². The van der Waals surface area contributed by atoms with Crippen molar-refractivity contribution in [2.75, 3.05) is 19.4 Å². The van der Waals surface area contributed by atoms with Crippen molar-refractivity contribution < 1.29 is 24.4 Å². The molecule has 0 aliphatic carbocycles. The van der Waals surface area contributed by atoms with E-state index in [4.69, 9.17) is 16.7 Å². The Morgan fingerprint density at radius 3 is 2.77 bits per heavy atom. The van der Waals surface area contributed by atoms with Gasteiger partial charge in [0.1, 0.15) is 0 Å². The van der Waals surface area contributed by atoms with Crippen LogP contribution in [0.15, 0.2) is 23.1 Å². The van der Waals surface area contributed by atoms with Crippen molar-refractivity contribution in [2.24, 2.45) is 0 Å². The lowest BCUT2D eigenvalue weighted by atomic mass is 10.3. The molecule has 0 heterocycles. The van der Waals surface area contributed by atoms with Crippen LogP contribution in [0.3, 0.4) is 0 Å². The van der Waals surface area contributed by atoms with Gasteiger partial charge in [0.15, 0.2) is 6.10 Å². The molecule has 8 nitrogen and oxygen atoms in total. The predicted octanol–water partition coefficient (Wildman–Crippen LogP) is 1.56. The van der Waals surface area contributed by atoms with Crippen LogP contribution in [-0.2, 0) is 14.3 Å². The first-order valence-corrected chi connectivity index (χ1v) is 7.30. The van der Waals surface area contributed by atoms with E-state index in [9.17, 15) is 19.7 Å². The van der Waals surface area contributed by atoms with E-state index in [0.29, 0.717) is 4.90 Å². The molecule has 1 rings (SSSR count). The summed E-state index contributed by atoms with van der Waals surface area (Å²) in [4.78, 5) is 32.9. The summed E-state index contributed by atoms with van der Waals surface area (Å²) in [6.45, 7) is -0.187. The Morgan fingerprint density at radius 1 is 1.55 bits per heavy atom. The number of ether oxygens (including phenoxy) is 1. The number of hydrogen-bond donors (Lipinski definition) is 2. The molecule has 10 heteroatoms. The molecule has 0 aliphatic heterocycles. The number of halogens is 1. The van der Waals surface area contributed by atoms with Crippen molar-refractivity contribution in [3.8, 4) is 0 Å². The smallest absolute Gasteiger partial charge is 0.334 e. The van der Waals surface area contributed by atoms with E-state index >= 15 is 0 Å². The van der Waals surface area contributed by atoms with Crippen molar-refractivity contribution in [3.63, 3.8) is 0 Å². The Morgan fingerprint density at radius 2 is 2.23 bits per heavy atom. The third-order valence-electron chi connectivity index (χ3n) is 2.52. The van der Waals surface area contributed by atoms with Crippen molar-refractivity contribution in [3.05, 3.63) is 33.3 Å². The predicted molar refractivity (Wildman–Crippen MR) is 80.3 cm³/mol. The third kappa shape index (κ3) is 5.51. The van der Waals surface area contributed by atoms with Gasteiger partial charge in [-0.25, -0.2) is 4.79 Å². The van der Waals surface area contributed by atoms with Crippen LogP contribution in [-0.4, -0.2) is 47.4 Å². The van der Waals surface area contributed by atoms with Crippen LogP contribution in [0.1, 0.15) is 0 Å². The topological polar surface area (TPSA) is 119 Å². The average Bonchev–Trinajstić information content (AvgIpc) is 2.46. The lowest BCUT2D eigenvalue weighted by Crippen LogP contribution is -2.38. The molecule has 1 amide bonds. The molecule has 0 spiro atoms. The number of nitro groups is 1. The molecule has 0 aromatic heterocycles. The highest BCUT2D eigenvalue weighted by atomic mass is 35.5. The van der Waals surface area contributed by atoms with Crippen LogP contribution in [0.2, 0.25) is 5.02 Å². The van der Waals surface area contributed by atoms with Gasteiger partial charge in [0, 0.05) is 18.2 Å². The number of hydrogen-bond acceptors (Lipinski definition) is 6. The maximum Gasteiger partial charge on any atom is 0.334 e. The number of carbonyl (C=O) groups excluding carboxylic acids is 1. The van der Waals surface area contributed by atoms with Gasteiger partial charge in [0.2, 0.25) is 5.91 Å². The number of aliphatic carboxylic acids is 1. The molecule has 2 N–H and O–H groups in total. The summed E-state index contributed by atoms with van der Waals surface area (Å²) in [6, 6.07) is 4.14. The molecule has 0 bridgehead atoms. The lowest BCUT2D eigenvalue weighted by molar-refractivity contribution is -0.387. The first-order valence-electron chi connectivity index (χ1n) is 5.94. The Kier molecular flexibility index (Phi) is 7.09. The maximum atomic E-state index is 11.6. The van der Waals surface area contributed by atoms with Crippen LogP contribution in [0.5, 0.6) is 0 Å². The van der Waals surface area contributed by atoms with Gasteiger partial charge in [-0.3, -0.25) is 14.9 Å². The number of thioether (sulfide) groups is 1. The van der Waals surface area contributed by atoms with E-state index < -0.39 is 22.9 Å².